The maximum Gasteiger partial charge on any atom is 0.358 e. The van der Waals surface area contributed by atoms with Crippen molar-refractivity contribution in [2.75, 3.05) is 12.1 Å². The molecule has 1 aliphatic heterocycles. The summed E-state index contributed by atoms with van der Waals surface area (Å²) in [4.78, 5) is 11.8. The van der Waals surface area contributed by atoms with Crippen LogP contribution in [0.3, 0.4) is 0 Å². The molecule has 108 valence electrons. The first-order valence-corrected chi connectivity index (χ1v) is 5.74. The number of ether oxygens (including phenoxy) is 1. The van der Waals surface area contributed by atoms with Gasteiger partial charge < -0.3 is 10.5 Å². The van der Waals surface area contributed by atoms with Crippen LogP contribution in [0.15, 0.2) is 52.6 Å². The van der Waals surface area contributed by atoms with E-state index in [4.69, 9.17) is 10.5 Å². The first-order valence-electron chi connectivity index (χ1n) is 5.74. The maximum absolute atomic E-state index is 11.8. The third-order valence-corrected chi connectivity index (χ3v) is 2.52. The van der Waals surface area contributed by atoms with E-state index in [1.54, 1.807) is 11.9 Å². The number of methoxy groups -OCH3 is 1. The monoisotopic (exact) mass is 297 g/mol. The van der Waals surface area contributed by atoms with Crippen molar-refractivity contribution in [1.29, 1.82) is 0 Å². The molecule has 1 aliphatic rings. The van der Waals surface area contributed by atoms with Crippen molar-refractivity contribution in [3.8, 4) is 0 Å². The van der Waals surface area contributed by atoms with Crippen molar-refractivity contribution in [2.24, 2.45) is 16.1 Å². The Hall–Kier alpha value is -2.12. The summed E-state index contributed by atoms with van der Waals surface area (Å²) in [6.45, 7) is 1.75. The van der Waals surface area contributed by atoms with Gasteiger partial charge in [-0.25, -0.2) is 9.80 Å². The summed E-state index contributed by atoms with van der Waals surface area (Å²) in [5.41, 5.74) is 6.85. The van der Waals surface area contributed by atoms with Gasteiger partial charge in [0.25, 0.3) is 0 Å². The van der Waals surface area contributed by atoms with Crippen molar-refractivity contribution < 1.29 is 9.53 Å². The summed E-state index contributed by atoms with van der Waals surface area (Å²) < 4.78 is 4.75. The Balaban J connectivity index is 0.00000200. The number of esters is 1. The van der Waals surface area contributed by atoms with E-state index in [1.807, 2.05) is 30.3 Å². The molecule has 1 aromatic carbocycles. The zero-order valence-electron chi connectivity index (χ0n) is 11.1. The van der Waals surface area contributed by atoms with E-state index in [2.05, 4.69) is 10.3 Å². The molecule has 0 aromatic heterocycles. The lowest BCUT2D eigenvalue weighted by molar-refractivity contribution is -0.136. The molecule has 20 heavy (non-hydrogen) atoms. The van der Waals surface area contributed by atoms with E-state index in [9.17, 15) is 4.79 Å². The lowest BCUT2D eigenvalue weighted by Crippen LogP contribution is -2.50. The van der Waals surface area contributed by atoms with Crippen LogP contribution < -0.4 is 10.7 Å². The molecule has 1 aromatic rings. The minimum atomic E-state index is -0.506. The second-order valence-corrected chi connectivity index (χ2v) is 3.92. The fourth-order valence-corrected chi connectivity index (χ4v) is 1.67. The molecule has 0 aliphatic carbocycles. The number of rotatable bonds is 3. The van der Waals surface area contributed by atoms with E-state index in [1.165, 1.54) is 18.4 Å². The van der Waals surface area contributed by atoms with Gasteiger partial charge in [-0.1, -0.05) is 18.2 Å². The lowest BCUT2D eigenvalue weighted by Gasteiger charge is -2.37. The maximum atomic E-state index is 11.8. The number of hydrogen-bond donors (Lipinski definition) is 1. The highest BCUT2D eigenvalue weighted by Crippen LogP contribution is 2.26. The third-order valence-electron chi connectivity index (χ3n) is 2.52. The van der Waals surface area contributed by atoms with Crippen molar-refractivity contribution >= 4 is 24.1 Å². The zero-order valence-corrected chi connectivity index (χ0v) is 11.9. The molecule has 0 amide bonds. The second-order valence-electron chi connectivity index (χ2n) is 3.92. The van der Waals surface area contributed by atoms with Gasteiger partial charge in [0, 0.05) is 0 Å². The predicted molar refractivity (Wildman–Crippen MR) is 76.6 cm³/mol. The van der Waals surface area contributed by atoms with Crippen molar-refractivity contribution in [2.45, 2.75) is 13.1 Å². The number of nitrogens with zero attached hydrogens (tertiary/aromatic N) is 4. The van der Waals surface area contributed by atoms with Gasteiger partial charge in [-0.2, -0.15) is 5.12 Å². The molecule has 0 radical (unpaired) electrons. The second kappa shape index (κ2) is 6.88. The Labute approximate surface area is 123 Å². The van der Waals surface area contributed by atoms with Gasteiger partial charge in [0.1, 0.15) is 6.17 Å². The van der Waals surface area contributed by atoms with Crippen LogP contribution in [0.25, 0.3) is 0 Å². The highest BCUT2D eigenvalue weighted by Gasteiger charge is 2.29. The van der Waals surface area contributed by atoms with Gasteiger partial charge in [0.05, 0.1) is 19.0 Å². The van der Waals surface area contributed by atoms with Gasteiger partial charge in [-0.3, -0.25) is 0 Å². The highest BCUT2D eigenvalue weighted by atomic mass is 35.5. The Kier molecular flexibility index (Phi) is 5.48. The van der Waals surface area contributed by atoms with Crippen molar-refractivity contribution in [3.05, 3.63) is 42.2 Å². The van der Waals surface area contributed by atoms with E-state index in [0.29, 0.717) is 0 Å². The van der Waals surface area contributed by atoms with Crippen LogP contribution in [0.1, 0.15) is 6.92 Å². The molecule has 1 heterocycles. The normalized spacial score (nSPS) is 15.2. The van der Waals surface area contributed by atoms with Crippen LogP contribution in [0.2, 0.25) is 0 Å². The first-order chi connectivity index (χ1) is 9.15. The number of nitrogens with two attached hydrogens (primary N) is 1. The summed E-state index contributed by atoms with van der Waals surface area (Å²) in [5, 5.41) is 10.7. The average Bonchev–Trinajstić information content (AvgIpc) is 2.46. The molecule has 0 spiro atoms. The predicted octanol–water partition coefficient (Wildman–Crippen LogP) is 1.83. The molecule has 2 rings (SSSR count). The van der Waals surface area contributed by atoms with Gasteiger partial charge in [0.2, 0.25) is 0 Å². The number of carbonyl (C=O) groups excluding carboxylic acids is 1. The molecular formula is C12H16ClN5O2. The zero-order chi connectivity index (χ0) is 13.8. The molecule has 0 bridgehead atoms. The van der Waals surface area contributed by atoms with E-state index in [0.717, 1.165) is 5.69 Å². The Bertz CT molecular complexity index is 518. The SMILES string of the molecule is COC(=O)C1=CN=NN(C(C)N)N1c1ccccc1.Cl. The van der Waals surface area contributed by atoms with Gasteiger partial charge in [-0.05, 0) is 24.3 Å². The van der Waals surface area contributed by atoms with Gasteiger partial charge in [0.15, 0.2) is 5.70 Å². The third kappa shape index (κ3) is 3.06. The fourth-order valence-electron chi connectivity index (χ4n) is 1.67. The van der Waals surface area contributed by atoms with Crippen LogP contribution in [0, 0.1) is 0 Å². The van der Waals surface area contributed by atoms with Crippen molar-refractivity contribution in [1.82, 2.24) is 5.12 Å². The summed E-state index contributed by atoms with van der Waals surface area (Å²) in [7, 11) is 1.31. The Morgan fingerprint density at radius 1 is 1.35 bits per heavy atom. The van der Waals surface area contributed by atoms with Crippen molar-refractivity contribution in [3.63, 3.8) is 0 Å². The number of carbonyl (C=O) groups is 1. The highest BCUT2D eigenvalue weighted by molar-refractivity contribution is 5.92. The number of benzene rings is 1. The Morgan fingerprint density at radius 3 is 2.55 bits per heavy atom. The minimum absolute atomic E-state index is 0. The average molecular weight is 298 g/mol. The lowest BCUT2D eigenvalue weighted by atomic mass is 10.3. The molecule has 2 N–H and O–H groups in total. The molecule has 1 atom stereocenters. The van der Waals surface area contributed by atoms with Crippen LogP contribution in [-0.4, -0.2) is 24.4 Å². The fraction of sp³-hybridized carbons (Fsp3) is 0.250. The number of hydrazine groups is 1. The van der Waals surface area contributed by atoms with E-state index >= 15 is 0 Å². The summed E-state index contributed by atoms with van der Waals surface area (Å²) in [6.07, 6.45) is 0.898. The van der Waals surface area contributed by atoms with E-state index < -0.39 is 12.1 Å². The molecule has 0 saturated heterocycles. The summed E-state index contributed by atoms with van der Waals surface area (Å²) in [6, 6.07) is 9.28. The van der Waals surface area contributed by atoms with E-state index in [-0.39, 0.29) is 18.1 Å². The topological polar surface area (TPSA) is 83.5 Å². The smallest absolute Gasteiger partial charge is 0.358 e. The van der Waals surface area contributed by atoms with Gasteiger partial charge >= 0.3 is 5.97 Å². The van der Waals surface area contributed by atoms with Gasteiger partial charge in [-0.15, -0.1) is 17.5 Å². The minimum Gasteiger partial charge on any atom is -0.464 e. The summed E-state index contributed by atoms with van der Waals surface area (Å²) >= 11 is 0. The number of para-hydroxylation sites is 1. The molecule has 1 unspecified atom stereocenters. The van der Waals surface area contributed by atoms with Crippen LogP contribution in [0.5, 0.6) is 0 Å². The molecule has 0 saturated carbocycles. The summed E-state index contributed by atoms with van der Waals surface area (Å²) in [5.74, 6) is -0.506. The number of halogens is 1. The van der Waals surface area contributed by atoms with Crippen LogP contribution in [-0.2, 0) is 9.53 Å². The quantitative estimate of drug-likeness (QED) is 0.861. The molecule has 0 fully saturated rings. The number of hydrogen-bond acceptors (Lipinski definition) is 7. The largest absolute Gasteiger partial charge is 0.464 e. The van der Waals surface area contributed by atoms with Crippen LogP contribution in [0.4, 0.5) is 5.69 Å². The molecular weight excluding hydrogens is 282 g/mol. The standard InChI is InChI=1S/C12H15N5O2.ClH/c1-9(13)17-15-14-8-11(12(18)19-2)16(17)10-6-4-3-5-7-10;/h3-9H,13H2,1-2H3;1H. The Morgan fingerprint density at radius 2 is 2.00 bits per heavy atom. The first kappa shape index (κ1) is 15.9. The van der Waals surface area contributed by atoms with Crippen LogP contribution >= 0.6 is 12.4 Å². The molecule has 7 nitrogen and oxygen atoms in total. The molecule has 8 heteroatoms. The number of anilines is 1.